The molecule has 1 amide bonds. The molecular formula is C21H19NO4S. The lowest BCUT2D eigenvalue weighted by Gasteiger charge is -2.11. The standard InChI is InChI=1S/C21H19NO4S/c1-13-7-6-8-14(2)19(13)26-12-18(23)22-20-16(21(24)25)11-17(27-20)15-9-4-3-5-10-15/h3-11H,12H2,1-2H3,(H,22,23)(H,24,25). The van der Waals surface area contributed by atoms with Crippen molar-refractivity contribution < 1.29 is 19.4 Å². The minimum absolute atomic E-state index is 0.0688. The monoisotopic (exact) mass is 381 g/mol. The van der Waals surface area contributed by atoms with Crippen LogP contribution in [0.1, 0.15) is 21.5 Å². The van der Waals surface area contributed by atoms with Gasteiger partial charge in [-0.25, -0.2) is 4.79 Å². The van der Waals surface area contributed by atoms with Crippen LogP contribution in [0.2, 0.25) is 0 Å². The maximum Gasteiger partial charge on any atom is 0.338 e. The van der Waals surface area contributed by atoms with Crippen LogP contribution in [-0.4, -0.2) is 23.6 Å². The number of aryl methyl sites for hydroxylation is 2. The molecule has 3 rings (SSSR count). The summed E-state index contributed by atoms with van der Waals surface area (Å²) in [5.41, 5.74) is 2.85. The van der Waals surface area contributed by atoms with E-state index in [4.69, 9.17) is 4.74 Å². The molecule has 0 bridgehead atoms. The molecule has 5 nitrogen and oxygen atoms in total. The molecule has 0 aliphatic rings. The molecule has 1 heterocycles. The van der Waals surface area contributed by atoms with Crippen molar-refractivity contribution in [1.82, 2.24) is 0 Å². The van der Waals surface area contributed by atoms with E-state index in [-0.39, 0.29) is 12.2 Å². The van der Waals surface area contributed by atoms with Gasteiger partial charge in [-0.1, -0.05) is 48.5 Å². The molecule has 2 aromatic carbocycles. The van der Waals surface area contributed by atoms with E-state index in [0.29, 0.717) is 10.8 Å². The van der Waals surface area contributed by atoms with Gasteiger partial charge in [0.1, 0.15) is 10.8 Å². The molecule has 0 saturated carbocycles. The number of carbonyl (C=O) groups is 2. The van der Waals surface area contributed by atoms with Gasteiger partial charge < -0.3 is 15.2 Å². The van der Waals surface area contributed by atoms with Gasteiger partial charge in [-0.15, -0.1) is 11.3 Å². The zero-order valence-electron chi connectivity index (χ0n) is 15.0. The number of aromatic carboxylic acids is 1. The number of carbonyl (C=O) groups excluding carboxylic acids is 1. The Morgan fingerprint density at radius 2 is 1.70 bits per heavy atom. The largest absolute Gasteiger partial charge is 0.483 e. The van der Waals surface area contributed by atoms with Gasteiger partial charge in [-0.3, -0.25) is 4.79 Å². The summed E-state index contributed by atoms with van der Waals surface area (Å²) in [7, 11) is 0. The molecule has 138 valence electrons. The van der Waals surface area contributed by atoms with Crippen molar-refractivity contribution in [1.29, 1.82) is 0 Å². The van der Waals surface area contributed by atoms with Crippen molar-refractivity contribution in [3.63, 3.8) is 0 Å². The second-order valence-corrected chi connectivity index (χ2v) is 7.13. The molecule has 0 atom stereocenters. The van der Waals surface area contributed by atoms with Gasteiger partial charge in [0.25, 0.3) is 5.91 Å². The molecule has 0 saturated heterocycles. The minimum atomic E-state index is -1.08. The second-order valence-electron chi connectivity index (χ2n) is 6.08. The van der Waals surface area contributed by atoms with E-state index in [9.17, 15) is 14.7 Å². The quantitative estimate of drug-likeness (QED) is 0.646. The first-order valence-corrected chi connectivity index (χ1v) is 9.19. The molecule has 0 radical (unpaired) electrons. The Bertz CT molecular complexity index is 959. The van der Waals surface area contributed by atoms with E-state index >= 15 is 0 Å². The Morgan fingerprint density at radius 1 is 1.04 bits per heavy atom. The van der Waals surface area contributed by atoms with Gasteiger partial charge in [0.2, 0.25) is 0 Å². The Balaban J connectivity index is 1.75. The topological polar surface area (TPSA) is 75.6 Å². The number of carboxylic acid groups (broad SMARTS) is 1. The summed E-state index contributed by atoms with van der Waals surface area (Å²) in [5, 5.41) is 12.4. The van der Waals surface area contributed by atoms with Crippen molar-refractivity contribution in [3.05, 3.63) is 71.3 Å². The molecule has 3 aromatic rings. The molecule has 27 heavy (non-hydrogen) atoms. The number of ether oxygens (including phenoxy) is 1. The summed E-state index contributed by atoms with van der Waals surface area (Å²) in [4.78, 5) is 24.6. The van der Waals surface area contributed by atoms with Crippen molar-refractivity contribution in [3.8, 4) is 16.2 Å². The van der Waals surface area contributed by atoms with Crippen molar-refractivity contribution >= 4 is 28.2 Å². The highest BCUT2D eigenvalue weighted by Crippen LogP contribution is 2.35. The molecule has 0 aliphatic heterocycles. The Labute approximate surface area is 161 Å². The first kappa shape index (κ1) is 18.7. The highest BCUT2D eigenvalue weighted by Gasteiger charge is 2.18. The van der Waals surface area contributed by atoms with Crippen LogP contribution in [0.5, 0.6) is 5.75 Å². The predicted octanol–water partition coefficient (Wildman–Crippen LogP) is 4.75. The fourth-order valence-corrected chi connectivity index (χ4v) is 3.79. The lowest BCUT2D eigenvalue weighted by atomic mass is 10.1. The minimum Gasteiger partial charge on any atom is -0.483 e. The number of rotatable bonds is 6. The number of anilines is 1. The molecule has 0 fully saturated rings. The van der Waals surface area contributed by atoms with Crippen molar-refractivity contribution in [2.24, 2.45) is 0 Å². The van der Waals surface area contributed by atoms with Gasteiger partial charge in [0, 0.05) is 4.88 Å². The van der Waals surface area contributed by atoms with E-state index in [2.05, 4.69) is 5.32 Å². The van der Waals surface area contributed by atoms with Crippen molar-refractivity contribution in [2.75, 3.05) is 11.9 Å². The number of nitrogens with one attached hydrogen (secondary N) is 1. The van der Waals surface area contributed by atoms with Crippen LogP contribution in [0.3, 0.4) is 0 Å². The molecule has 0 spiro atoms. The normalized spacial score (nSPS) is 10.4. The Morgan fingerprint density at radius 3 is 2.33 bits per heavy atom. The fraction of sp³-hybridized carbons (Fsp3) is 0.143. The maximum absolute atomic E-state index is 12.3. The molecular weight excluding hydrogens is 362 g/mol. The van der Waals surface area contributed by atoms with Crippen LogP contribution in [0.15, 0.2) is 54.6 Å². The van der Waals surface area contributed by atoms with Gasteiger partial charge >= 0.3 is 5.97 Å². The third-order valence-electron chi connectivity index (χ3n) is 4.03. The van der Waals surface area contributed by atoms with E-state index in [0.717, 1.165) is 21.6 Å². The van der Waals surface area contributed by atoms with E-state index in [1.54, 1.807) is 6.07 Å². The zero-order valence-corrected chi connectivity index (χ0v) is 15.8. The average Bonchev–Trinajstić information content (AvgIpc) is 3.06. The van der Waals surface area contributed by atoms with Crippen LogP contribution in [0.25, 0.3) is 10.4 Å². The summed E-state index contributed by atoms with van der Waals surface area (Å²) < 4.78 is 5.64. The third kappa shape index (κ3) is 4.35. The Hall–Kier alpha value is -3.12. The Kier molecular flexibility index (Phi) is 5.57. The fourth-order valence-electron chi connectivity index (χ4n) is 2.71. The van der Waals surface area contributed by atoms with E-state index in [1.807, 2.05) is 62.4 Å². The molecule has 0 unspecified atom stereocenters. The summed E-state index contributed by atoms with van der Waals surface area (Å²) in [5.74, 6) is -0.816. The summed E-state index contributed by atoms with van der Waals surface area (Å²) in [6.07, 6.45) is 0. The van der Waals surface area contributed by atoms with Gasteiger partial charge in [-0.05, 0) is 36.6 Å². The lowest BCUT2D eigenvalue weighted by Crippen LogP contribution is -2.21. The summed E-state index contributed by atoms with van der Waals surface area (Å²) >= 11 is 1.23. The van der Waals surface area contributed by atoms with Crippen LogP contribution >= 0.6 is 11.3 Å². The van der Waals surface area contributed by atoms with Crippen LogP contribution in [-0.2, 0) is 4.79 Å². The van der Waals surface area contributed by atoms with Gasteiger partial charge in [0.15, 0.2) is 6.61 Å². The first-order chi connectivity index (χ1) is 13.0. The lowest BCUT2D eigenvalue weighted by molar-refractivity contribution is -0.118. The SMILES string of the molecule is Cc1cccc(C)c1OCC(=O)Nc1sc(-c2ccccc2)cc1C(=O)O. The number of hydrogen-bond acceptors (Lipinski definition) is 4. The smallest absolute Gasteiger partial charge is 0.338 e. The highest BCUT2D eigenvalue weighted by molar-refractivity contribution is 7.20. The maximum atomic E-state index is 12.3. The highest BCUT2D eigenvalue weighted by atomic mass is 32.1. The van der Waals surface area contributed by atoms with Gasteiger partial charge in [0.05, 0.1) is 5.56 Å². The number of amides is 1. The third-order valence-corrected chi connectivity index (χ3v) is 5.13. The number of thiophene rings is 1. The van der Waals surface area contributed by atoms with E-state index in [1.165, 1.54) is 11.3 Å². The number of benzene rings is 2. The van der Waals surface area contributed by atoms with Crippen molar-refractivity contribution in [2.45, 2.75) is 13.8 Å². The first-order valence-electron chi connectivity index (χ1n) is 8.37. The summed E-state index contributed by atoms with van der Waals surface area (Å²) in [6.45, 7) is 3.63. The van der Waals surface area contributed by atoms with E-state index < -0.39 is 11.9 Å². The molecule has 6 heteroatoms. The van der Waals surface area contributed by atoms with Gasteiger partial charge in [-0.2, -0.15) is 0 Å². The molecule has 1 aromatic heterocycles. The number of hydrogen-bond donors (Lipinski definition) is 2. The van der Waals surface area contributed by atoms with Crippen LogP contribution < -0.4 is 10.1 Å². The average molecular weight is 381 g/mol. The summed E-state index contributed by atoms with van der Waals surface area (Å²) in [6, 6.07) is 16.8. The predicted molar refractivity (Wildman–Crippen MR) is 107 cm³/mol. The zero-order chi connectivity index (χ0) is 19.4. The van der Waals surface area contributed by atoms with Crippen LogP contribution in [0, 0.1) is 13.8 Å². The molecule has 0 aliphatic carbocycles. The van der Waals surface area contributed by atoms with Crippen LogP contribution in [0.4, 0.5) is 5.00 Å². The number of para-hydroxylation sites is 1. The molecule has 2 N–H and O–H groups in total. The second kappa shape index (κ2) is 8.05. The number of carboxylic acids is 1.